The summed E-state index contributed by atoms with van der Waals surface area (Å²) in [5.74, 6) is -0.444. The van der Waals surface area contributed by atoms with Gasteiger partial charge in [0.2, 0.25) is 0 Å². The largest absolute Gasteiger partial charge is 0.339 e. The van der Waals surface area contributed by atoms with Crippen LogP contribution >= 0.6 is 11.3 Å². The number of likely N-dealkylation sites (tertiary alicyclic amines) is 1. The van der Waals surface area contributed by atoms with Gasteiger partial charge in [-0.3, -0.25) is 13.9 Å². The summed E-state index contributed by atoms with van der Waals surface area (Å²) < 4.78 is 26.9. The van der Waals surface area contributed by atoms with Crippen LogP contribution < -0.4 is 9.62 Å². The number of hydrogen-bond acceptors (Lipinski definition) is 5. The highest BCUT2D eigenvalue weighted by molar-refractivity contribution is 7.94. The number of rotatable bonds is 6. The Labute approximate surface area is 204 Å². The number of amides is 2. The molecule has 3 aromatic rings. The Morgan fingerprint density at radius 2 is 1.59 bits per heavy atom. The highest BCUT2D eigenvalue weighted by atomic mass is 32.2. The number of carbonyl (C=O) groups excluding carboxylic acids is 2. The van der Waals surface area contributed by atoms with Crippen molar-refractivity contribution in [2.75, 3.05) is 29.8 Å². The number of benzene rings is 2. The first-order valence-corrected chi connectivity index (χ1v) is 13.5. The van der Waals surface area contributed by atoms with E-state index in [9.17, 15) is 18.0 Å². The molecule has 1 aliphatic rings. The average Bonchev–Trinajstić information content (AvgIpc) is 3.27. The molecule has 1 aromatic heterocycles. The van der Waals surface area contributed by atoms with E-state index in [1.807, 2.05) is 4.90 Å². The van der Waals surface area contributed by atoms with Crippen LogP contribution in [0.5, 0.6) is 0 Å². The number of anilines is 2. The van der Waals surface area contributed by atoms with Crippen molar-refractivity contribution in [1.29, 1.82) is 0 Å². The second-order valence-corrected chi connectivity index (χ2v) is 11.3. The first-order chi connectivity index (χ1) is 16.4. The van der Waals surface area contributed by atoms with Crippen molar-refractivity contribution in [3.05, 3.63) is 77.2 Å². The molecule has 0 aliphatic carbocycles. The zero-order valence-electron chi connectivity index (χ0n) is 18.9. The molecule has 1 saturated heterocycles. The summed E-state index contributed by atoms with van der Waals surface area (Å²) in [7, 11) is -2.17. The lowest BCUT2D eigenvalue weighted by molar-refractivity contribution is 0.0762. The maximum Gasteiger partial charge on any atom is 0.273 e. The summed E-state index contributed by atoms with van der Waals surface area (Å²) in [5, 5.41) is 4.56. The van der Waals surface area contributed by atoms with Gasteiger partial charge < -0.3 is 10.2 Å². The molecule has 0 radical (unpaired) electrons. The molecule has 0 atom stereocenters. The number of para-hydroxylation sites is 1. The molecule has 7 nitrogen and oxygen atoms in total. The van der Waals surface area contributed by atoms with Gasteiger partial charge in [-0.15, -0.1) is 11.3 Å². The van der Waals surface area contributed by atoms with E-state index in [1.165, 1.54) is 11.4 Å². The fourth-order valence-electron chi connectivity index (χ4n) is 3.92. The number of nitrogens with one attached hydrogen (secondary N) is 1. The van der Waals surface area contributed by atoms with E-state index in [0.29, 0.717) is 22.5 Å². The molecule has 0 saturated carbocycles. The highest BCUT2D eigenvalue weighted by Gasteiger charge is 2.23. The third-order valence-electron chi connectivity index (χ3n) is 5.90. The van der Waals surface area contributed by atoms with Crippen molar-refractivity contribution in [3.63, 3.8) is 0 Å². The minimum absolute atomic E-state index is 0.0754. The van der Waals surface area contributed by atoms with Crippen LogP contribution in [-0.2, 0) is 10.0 Å². The molecule has 2 amide bonds. The molecule has 2 heterocycles. The van der Waals surface area contributed by atoms with Gasteiger partial charge in [-0.05, 0) is 60.7 Å². The Morgan fingerprint density at radius 3 is 2.24 bits per heavy atom. The molecule has 2 aromatic carbocycles. The van der Waals surface area contributed by atoms with Crippen LogP contribution in [0.4, 0.5) is 11.4 Å². The van der Waals surface area contributed by atoms with E-state index in [-0.39, 0.29) is 16.0 Å². The number of sulfonamides is 1. The van der Waals surface area contributed by atoms with Gasteiger partial charge in [0.15, 0.2) is 0 Å². The predicted molar refractivity (Wildman–Crippen MR) is 135 cm³/mol. The molecule has 4 rings (SSSR count). The lowest BCUT2D eigenvalue weighted by atomic mass is 10.1. The first kappa shape index (κ1) is 24.0. The highest BCUT2D eigenvalue weighted by Crippen LogP contribution is 2.26. The molecule has 0 spiro atoms. The van der Waals surface area contributed by atoms with Crippen molar-refractivity contribution >= 4 is 44.5 Å². The Hall–Kier alpha value is -3.17. The Morgan fingerprint density at radius 1 is 0.912 bits per heavy atom. The summed E-state index contributed by atoms with van der Waals surface area (Å²) in [4.78, 5) is 27.9. The Kier molecular flexibility index (Phi) is 7.33. The third kappa shape index (κ3) is 5.15. The van der Waals surface area contributed by atoms with Gasteiger partial charge >= 0.3 is 0 Å². The number of hydrogen-bond donors (Lipinski definition) is 1. The van der Waals surface area contributed by atoms with Gasteiger partial charge in [0.25, 0.3) is 21.8 Å². The van der Waals surface area contributed by atoms with Crippen LogP contribution in [0.2, 0.25) is 0 Å². The van der Waals surface area contributed by atoms with Gasteiger partial charge in [-0.1, -0.05) is 31.0 Å². The lowest BCUT2D eigenvalue weighted by Gasteiger charge is -2.22. The van der Waals surface area contributed by atoms with Crippen LogP contribution in [0.3, 0.4) is 0 Å². The van der Waals surface area contributed by atoms with Crippen LogP contribution in [0.15, 0.2) is 70.3 Å². The van der Waals surface area contributed by atoms with Crippen molar-refractivity contribution in [3.8, 4) is 0 Å². The van der Waals surface area contributed by atoms with Gasteiger partial charge in [0.05, 0.1) is 16.9 Å². The zero-order chi connectivity index (χ0) is 24.1. The molecule has 1 N–H and O–H groups in total. The number of nitrogens with zero attached hydrogens (tertiary/aromatic N) is 2. The zero-order valence-corrected chi connectivity index (χ0v) is 20.6. The van der Waals surface area contributed by atoms with Crippen molar-refractivity contribution in [2.24, 2.45) is 0 Å². The molecular weight excluding hydrogens is 470 g/mol. The van der Waals surface area contributed by atoms with E-state index in [0.717, 1.165) is 50.1 Å². The summed E-state index contributed by atoms with van der Waals surface area (Å²) in [6.07, 6.45) is 4.23. The first-order valence-electron chi connectivity index (χ1n) is 11.2. The lowest BCUT2D eigenvalue weighted by Crippen LogP contribution is -2.32. The van der Waals surface area contributed by atoms with Crippen molar-refractivity contribution < 1.29 is 18.0 Å². The summed E-state index contributed by atoms with van der Waals surface area (Å²) in [6.45, 7) is 1.45. The van der Waals surface area contributed by atoms with Gasteiger partial charge in [-0.25, -0.2) is 8.42 Å². The fraction of sp³-hybridized carbons (Fsp3) is 0.280. The summed E-state index contributed by atoms with van der Waals surface area (Å²) in [5.41, 5.74) is 1.74. The van der Waals surface area contributed by atoms with Crippen LogP contribution in [-0.4, -0.2) is 45.3 Å². The SMILES string of the molecule is CN(c1ccc(C(=O)Nc2ccccc2C(=O)N2CCCCCC2)cc1)S(=O)(=O)c1cccs1. The third-order valence-corrected chi connectivity index (χ3v) is 9.06. The molecule has 0 unspecified atom stereocenters. The van der Waals surface area contributed by atoms with Crippen LogP contribution in [0, 0.1) is 0 Å². The Balaban J connectivity index is 1.49. The molecule has 178 valence electrons. The summed E-state index contributed by atoms with van der Waals surface area (Å²) >= 11 is 1.15. The van der Waals surface area contributed by atoms with Crippen molar-refractivity contribution in [1.82, 2.24) is 4.90 Å². The van der Waals surface area contributed by atoms with Crippen LogP contribution in [0.25, 0.3) is 0 Å². The van der Waals surface area contributed by atoms with Gasteiger partial charge in [0.1, 0.15) is 4.21 Å². The maximum atomic E-state index is 13.1. The van der Waals surface area contributed by atoms with E-state index < -0.39 is 10.0 Å². The minimum atomic E-state index is -3.65. The maximum absolute atomic E-state index is 13.1. The fourth-order valence-corrected chi connectivity index (χ4v) is 6.28. The number of carbonyl (C=O) groups is 2. The monoisotopic (exact) mass is 497 g/mol. The molecular formula is C25H27N3O4S2. The second kappa shape index (κ2) is 10.4. The van der Waals surface area contributed by atoms with E-state index in [4.69, 9.17) is 0 Å². The molecule has 0 bridgehead atoms. The molecule has 1 fully saturated rings. The normalized spacial score (nSPS) is 14.3. The average molecular weight is 498 g/mol. The quantitative estimate of drug-likeness (QED) is 0.528. The van der Waals surface area contributed by atoms with E-state index in [1.54, 1.807) is 66.0 Å². The van der Waals surface area contributed by atoms with Gasteiger partial charge in [0, 0.05) is 25.7 Å². The molecule has 1 aliphatic heterocycles. The van der Waals surface area contributed by atoms with Crippen molar-refractivity contribution in [2.45, 2.75) is 29.9 Å². The molecule has 9 heteroatoms. The molecule has 34 heavy (non-hydrogen) atoms. The van der Waals surface area contributed by atoms with Gasteiger partial charge in [-0.2, -0.15) is 0 Å². The number of thiophene rings is 1. The van der Waals surface area contributed by atoms with E-state index in [2.05, 4.69) is 5.32 Å². The standard InChI is InChI=1S/C25H27N3O4S2/c1-27(34(31,32)23-11-8-18-33-23)20-14-12-19(13-15-20)24(29)26-22-10-5-4-9-21(22)25(30)28-16-6-2-3-7-17-28/h4-5,8-15,18H,2-3,6-7,16-17H2,1H3,(H,26,29). The predicted octanol–water partition coefficient (Wildman–Crippen LogP) is 4.84. The van der Waals surface area contributed by atoms with Crippen LogP contribution in [0.1, 0.15) is 46.4 Å². The second-order valence-electron chi connectivity index (χ2n) is 8.16. The summed E-state index contributed by atoms with van der Waals surface area (Å²) in [6, 6.07) is 16.6. The topological polar surface area (TPSA) is 86.8 Å². The Bertz CT molecular complexity index is 1250. The minimum Gasteiger partial charge on any atom is -0.339 e. The van der Waals surface area contributed by atoms with E-state index >= 15 is 0 Å². The smallest absolute Gasteiger partial charge is 0.273 e.